The average molecular weight is 193 g/mol. The van der Waals surface area contributed by atoms with Gasteiger partial charge in [0.1, 0.15) is 0 Å². The summed E-state index contributed by atoms with van der Waals surface area (Å²) in [6, 6.07) is 0. The molecule has 2 nitrogen and oxygen atoms in total. The highest BCUT2D eigenvalue weighted by Gasteiger charge is 2.14. The maximum Gasteiger partial charge on any atom is 0.0809 e. The largest absolute Gasteiger partial charge is 0.379 e. The third-order valence-electron chi connectivity index (χ3n) is 2.00. The lowest BCUT2D eigenvalue weighted by molar-refractivity contribution is 0.0165. The van der Waals surface area contributed by atoms with Crippen molar-refractivity contribution in [2.75, 3.05) is 25.7 Å². The first-order valence-corrected chi connectivity index (χ1v) is 5.22. The minimum absolute atomic E-state index is 0.362. The van der Waals surface area contributed by atoms with Gasteiger partial charge in [0.2, 0.25) is 0 Å². The fourth-order valence-corrected chi connectivity index (χ4v) is 1.48. The number of alkyl halides is 1. The Morgan fingerprint density at radius 2 is 2.33 bits per heavy atom. The molecule has 72 valence electrons. The molecular weight excluding hydrogens is 176 g/mol. The van der Waals surface area contributed by atoms with E-state index in [0.29, 0.717) is 6.10 Å². The fourth-order valence-electron chi connectivity index (χ4n) is 1.29. The van der Waals surface area contributed by atoms with Crippen LogP contribution in [0.15, 0.2) is 0 Å². The van der Waals surface area contributed by atoms with Gasteiger partial charge in [-0.15, -0.1) is 11.6 Å². The molecule has 1 fully saturated rings. The Labute approximate surface area is 79.2 Å². The summed E-state index contributed by atoms with van der Waals surface area (Å²) in [5, 5.41) is 0. The first-order valence-electron chi connectivity index (χ1n) is 4.69. The maximum absolute atomic E-state index is 5.53. The first kappa shape index (κ1) is 10.3. The molecule has 1 saturated heterocycles. The van der Waals surface area contributed by atoms with E-state index >= 15 is 0 Å². The first-order chi connectivity index (χ1) is 5.93. The second-order valence-corrected chi connectivity index (χ2v) is 3.48. The van der Waals surface area contributed by atoms with Crippen LogP contribution in [-0.2, 0) is 9.47 Å². The Morgan fingerprint density at radius 3 is 3.00 bits per heavy atom. The van der Waals surface area contributed by atoms with Crippen molar-refractivity contribution in [1.82, 2.24) is 0 Å². The fraction of sp³-hybridized carbons (Fsp3) is 1.00. The van der Waals surface area contributed by atoms with Gasteiger partial charge >= 0.3 is 0 Å². The van der Waals surface area contributed by atoms with E-state index in [1.54, 1.807) is 0 Å². The molecule has 3 heteroatoms. The third kappa shape index (κ3) is 4.29. The Bertz CT molecular complexity index is 103. The van der Waals surface area contributed by atoms with Crippen molar-refractivity contribution in [1.29, 1.82) is 0 Å². The molecule has 0 N–H and O–H groups in total. The van der Waals surface area contributed by atoms with Crippen molar-refractivity contribution >= 4 is 11.6 Å². The van der Waals surface area contributed by atoms with E-state index in [9.17, 15) is 0 Å². The monoisotopic (exact) mass is 192 g/mol. The summed E-state index contributed by atoms with van der Waals surface area (Å²) in [6.45, 7) is 2.50. The van der Waals surface area contributed by atoms with Crippen molar-refractivity contribution in [3.63, 3.8) is 0 Å². The van der Waals surface area contributed by atoms with Crippen LogP contribution in [0.2, 0.25) is 0 Å². The van der Waals surface area contributed by atoms with Gasteiger partial charge in [-0.25, -0.2) is 0 Å². The van der Waals surface area contributed by atoms with Gasteiger partial charge in [0.05, 0.1) is 12.7 Å². The van der Waals surface area contributed by atoms with E-state index in [4.69, 9.17) is 21.1 Å². The molecule has 0 bridgehead atoms. The molecule has 12 heavy (non-hydrogen) atoms. The molecule has 0 aromatic heterocycles. The van der Waals surface area contributed by atoms with Crippen LogP contribution in [-0.4, -0.2) is 31.8 Å². The predicted octanol–water partition coefficient (Wildman–Crippen LogP) is 2.20. The number of hydrogen-bond donors (Lipinski definition) is 0. The molecule has 0 aliphatic carbocycles. The molecule has 1 atom stereocenters. The predicted molar refractivity (Wildman–Crippen MR) is 49.7 cm³/mol. The highest BCUT2D eigenvalue weighted by atomic mass is 35.5. The Kier molecular flexibility index (Phi) is 5.74. The molecule has 1 rings (SSSR count). The highest BCUT2D eigenvalue weighted by molar-refractivity contribution is 6.17. The van der Waals surface area contributed by atoms with Crippen LogP contribution in [0.25, 0.3) is 0 Å². The molecule has 1 aliphatic heterocycles. The zero-order chi connectivity index (χ0) is 8.65. The molecule has 1 aliphatic rings. The van der Waals surface area contributed by atoms with Crippen LogP contribution in [0.3, 0.4) is 0 Å². The summed E-state index contributed by atoms with van der Waals surface area (Å²) in [6.07, 6.45) is 4.83. The zero-order valence-electron chi connectivity index (χ0n) is 7.43. The molecule has 0 amide bonds. The summed E-state index contributed by atoms with van der Waals surface area (Å²) in [5.74, 6) is 0.739. The standard InChI is InChI=1S/C9H17ClO2/c10-5-1-2-6-11-8-9-4-3-7-12-9/h9H,1-8H2. The molecule has 0 aromatic carbocycles. The van der Waals surface area contributed by atoms with Crippen molar-refractivity contribution in [2.24, 2.45) is 0 Å². The molecule has 1 unspecified atom stereocenters. The SMILES string of the molecule is ClCCCCOCC1CCCO1. The van der Waals surface area contributed by atoms with E-state index in [2.05, 4.69) is 0 Å². The minimum Gasteiger partial charge on any atom is -0.379 e. The second kappa shape index (κ2) is 6.70. The van der Waals surface area contributed by atoms with Crippen molar-refractivity contribution in [3.05, 3.63) is 0 Å². The third-order valence-corrected chi connectivity index (χ3v) is 2.27. The number of ether oxygens (including phenoxy) is 2. The van der Waals surface area contributed by atoms with Crippen LogP contribution in [0, 0.1) is 0 Å². The molecule has 0 saturated carbocycles. The molecule has 0 spiro atoms. The van der Waals surface area contributed by atoms with Crippen molar-refractivity contribution < 1.29 is 9.47 Å². The van der Waals surface area contributed by atoms with Gasteiger partial charge < -0.3 is 9.47 Å². The molecule has 1 heterocycles. The van der Waals surface area contributed by atoms with Crippen LogP contribution >= 0.6 is 11.6 Å². The number of unbranched alkanes of at least 4 members (excludes halogenated alkanes) is 1. The Hall–Kier alpha value is 0.210. The number of hydrogen-bond acceptors (Lipinski definition) is 2. The topological polar surface area (TPSA) is 18.5 Å². The van der Waals surface area contributed by atoms with E-state index < -0.39 is 0 Å². The highest BCUT2D eigenvalue weighted by Crippen LogP contribution is 2.11. The summed E-state index contributed by atoms with van der Waals surface area (Å²) in [7, 11) is 0. The van der Waals surface area contributed by atoms with Crippen molar-refractivity contribution in [2.45, 2.75) is 31.8 Å². The normalized spacial score (nSPS) is 23.2. The lowest BCUT2D eigenvalue weighted by Crippen LogP contribution is -2.14. The van der Waals surface area contributed by atoms with Gasteiger partial charge in [0, 0.05) is 19.1 Å². The van der Waals surface area contributed by atoms with Gasteiger partial charge in [0.15, 0.2) is 0 Å². The van der Waals surface area contributed by atoms with Gasteiger partial charge in [-0.05, 0) is 25.7 Å². The maximum atomic E-state index is 5.53. The lowest BCUT2D eigenvalue weighted by atomic mass is 10.2. The number of halogens is 1. The van der Waals surface area contributed by atoms with Crippen LogP contribution in [0.1, 0.15) is 25.7 Å². The summed E-state index contributed by atoms with van der Waals surface area (Å²) >= 11 is 5.53. The molecular formula is C9H17ClO2. The van der Waals surface area contributed by atoms with E-state index in [1.165, 1.54) is 6.42 Å². The Balaban J connectivity index is 1.81. The van der Waals surface area contributed by atoms with Crippen LogP contribution in [0.5, 0.6) is 0 Å². The second-order valence-electron chi connectivity index (χ2n) is 3.11. The van der Waals surface area contributed by atoms with Crippen molar-refractivity contribution in [3.8, 4) is 0 Å². The molecule has 0 aromatic rings. The smallest absolute Gasteiger partial charge is 0.0809 e. The zero-order valence-corrected chi connectivity index (χ0v) is 8.18. The summed E-state index contributed by atoms with van der Waals surface area (Å²) < 4.78 is 10.8. The van der Waals surface area contributed by atoms with Gasteiger partial charge in [-0.2, -0.15) is 0 Å². The van der Waals surface area contributed by atoms with E-state index in [-0.39, 0.29) is 0 Å². The van der Waals surface area contributed by atoms with Crippen LogP contribution < -0.4 is 0 Å². The average Bonchev–Trinajstić information content (AvgIpc) is 2.57. The lowest BCUT2D eigenvalue weighted by Gasteiger charge is -2.09. The van der Waals surface area contributed by atoms with Crippen LogP contribution in [0.4, 0.5) is 0 Å². The summed E-state index contributed by atoms with van der Waals surface area (Å²) in [5.41, 5.74) is 0. The van der Waals surface area contributed by atoms with Gasteiger partial charge in [0.25, 0.3) is 0 Å². The molecule has 0 radical (unpaired) electrons. The Morgan fingerprint density at radius 1 is 1.42 bits per heavy atom. The van der Waals surface area contributed by atoms with Gasteiger partial charge in [-0.3, -0.25) is 0 Å². The van der Waals surface area contributed by atoms with E-state index in [0.717, 1.165) is 45.0 Å². The quantitative estimate of drug-likeness (QED) is 0.475. The number of rotatable bonds is 6. The van der Waals surface area contributed by atoms with Gasteiger partial charge in [-0.1, -0.05) is 0 Å². The van der Waals surface area contributed by atoms with E-state index in [1.807, 2.05) is 0 Å². The minimum atomic E-state index is 0.362. The summed E-state index contributed by atoms with van der Waals surface area (Å²) in [4.78, 5) is 0.